The van der Waals surface area contributed by atoms with E-state index in [-0.39, 0.29) is 12.1 Å². The van der Waals surface area contributed by atoms with Crippen molar-refractivity contribution in [1.29, 1.82) is 0 Å². The lowest BCUT2D eigenvalue weighted by Gasteiger charge is -2.27. The number of fused-ring (bicyclic) bond motifs is 1. The van der Waals surface area contributed by atoms with Crippen LogP contribution in [0.25, 0.3) is 0 Å². The molecule has 0 saturated heterocycles. The minimum absolute atomic E-state index is 0.117. The zero-order valence-corrected chi connectivity index (χ0v) is 14.3. The Hall–Kier alpha value is -1.69. The molecule has 24 heavy (non-hydrogen) atoms. The number of nitrogens with zero attached hydrogens (tertiary/aromatic N) is 2. The molecule has 5 heteroatoms. The Morgan fingerprint density at radius 1 is 1.38 bits per heavy atom. The van der Waals surface area contributed by atoms with Crippen LogP contribution in [0.1, 0.15) is 37.0 Å². The van der Waals surface area contributed by atoms with Crippen LogP contribution >= 0.6 is 0 Å². The number of aryl methyl sites for hydroxylation is 1. The van der Waals surface area contributed by atoms with Gasteiger partial charge in [0, 0.05) is 25.0 Å². The number of hydrogen-bond acceptors (Lipinski definition) is 4. The molecule has 0 spiro atoms. The molecule has 0 fully saturated rings. The van der Waals surface area contributed by atoms with E-state index in [9.17, 15) is 5.11 Å². The maximum Gasteiger partial charge on any atom is 0.0898 e. The molecule has 0 saturated carbocycles. The quantitative estimate of drug-likeness (QED) is 0.780. The van der Waals surface area contributed by atoms with Crippen molar-refractivity contribution in [2.45, 2.75) is 51.0 Å². The molecule has 5 nitrogen and oxygen atoms in total. The highest BCUT2D eigenvalue weighted by Gasteiger charge is 2.21. The minimum Gasteiger partial charge on any atom is -0.389 e. The number of benzene rings is 1. The second kappa shape index (κ2) is 8.42. The molecule has 0 amide bonds. The summed E-state index contributed by atoms with van der Waals surface area (Å²) in [6, 6.07) is 10.6. The lowest BCUT2D eigenvalue weighted by Crippen LogP contribution is -2.38. The highest BCUT2D eigenvalue weighted by atomic mass is 16.5. The summed E-state index contributed by atoms with van der Waals surface area (Å²) in [4.78, 5) is 0. The third-order valence-electron chi connectivity index (χ3n) is 4.53. The summed E-state index contributed by atoms with van der Waals surface area (Å²) in [6.45, 7) is 3.76. The monoisotopic (exact) mass is 329 g/mol. The van der Waals surface area contributed by atoms with Crippen molar-refractivity contribution >= 4 is 0 Å². The van der Waals surface area contributed by atoms with Gasteiger partial charge in [0.15, 0.2) is 0 Å². The number of rotatable bonds is 8. The van der Waals surface area contributed by atoms with Crippen LogP contribution in [-0.2, 0) is 17.7 Å². The summed E-state index contributed by atoms with van der Waals surface area (Å²) in [5.41, 5.74) is 2.67. The third kappa shape index (κ3) is 4.66. The van der Waals surface area contributed by atoms with Crippen molar-refractivity contribution in [2.24, 2.45) is 0 Å². The molecule has 1 aromatic heterocycles. The maximum atomic E-state index is 10.2. The molecule has 3 atom stereocenters. The van der Waals surface area contributed by atoms with Gasteiger partial charge in [-0.15, -0.1) is 0 Å². The fraction of sp³-hybridized carbons (Fsp3) is 0.526. The van der Waals surface area contributed by atoms with E-state index in [4.69, 9.17) is 4.74 Å². The minimum atomic E-state index is -0.501. The fourth-order valence-electron chi connectivity index (χ4n) is 3.26. The van der Waals surface area contributed by atoms with Gasteiger partial charge in [-0.05, 0) is 43.4 Å². The number of aromatic nitrogens is 2. The smallest absolute Gasteiger partial charge is 0.0898 e. The number of aliphatic hydroxyl groups is 1. The predicted octanol–water partition coefficient (Wildman–Crippen LogP) is 2.32. The van der Waals surface area contributed by atoms with Gasteiger partial charge in [-0.25, -0.2) is 0 Å². The summed E-state index contributed by atoms with van der Waals surface area (Å²) < 4.78 is 7.89. The SMILES string of the molecule is C[C@H](Cn1cccn1)NC[C@@H](O)CO[C@@H]1CCCc2ccccc21. The topological polar surface area (TPSA) is 59.3 Å². The van der Waals surface area contributed by atoms with Crippen molar-refractivity contribution in [2.75, 3.05) is 13.2 Å². The Kier molecular flexibility index (Phi) is 6.01. The first kappa shape index (κ1) is 17.1. The van der Waals surface area contributed by atoms with Crippen LogP contribution in [0.15, 0.2) is 42.7 Å². The van der Waals surface area contributed by atoms with Crippen molar-refractivity contribution in [3.63, 3.8) is 0 Å². The van der Waals surface area contributed by atoms with Crippen LogP contribution in [0.2, 0.25) is 0 Å². The number of nitrogens with one attached hydrogen (secondary N) is 1. The normalized spacial score (nSPS) is 19.7. The number of hydrogen-bond donors (Lipinski definition) is 2. The van der Waals surface area contributed by atoms with Gasteiger partial charge in [0.2, 0.25) is 0 Å². The molecule has 0 unspecified atom stereocenters. The first-order chi connectivity index (χ1) is 11.7. The van der Waals surface area contributed by atoms with E-state index >= 15 is 0 Å². The van der Waals surface area contributed by atoms with Gasteiger partial charge < -0.3 is 15.2 Å². The van der Waals surface area contributed by atoms with Gasteiger partial charge in [-0.3, -0.25) is 4.68 Å². The van der Waals surface area contributed by atoms with Gasteiger partial charge in [0.25, 0.3) is 0 Å². The largest absolute Gasteiger partial charge is 0.389 e. The summed E-state index contributed by atoms with van der Waals surface area (Å²) in [5.74, 6) is 0. The molecule has 0 bridgehead atoms. The highest BCUT2D eigenvalue weighted by Crippen LogP contribution is 2.32. The Bertz CT molecular complexity index is 615. The molecule has 1 aliphatic carbocycles. The first-order valence-corrected chi connectivity index (χ1v) is 8.80. The van der Waals surface area contributed by atoms with Crippen LogP contribution in [0.4, 0.5) is 0 Å². The second-order valence-electron chi connectivity index (χ2n) is 6.60. The second-order valence-corrected chi connectivity index (χ2v) is 6.60. The van der Waals surface area contributed by atoms with E-state index in [2.05, 4.69) is 41.6 Å². The Labute approximate surface area is 143 Å². The fourth-order valence-corrected chi connectivity index (χ4v) is 3.26. The maximum absolute atomic E-state index is 10.2. The van der Waals surface area contributed by atoms with Gasteiger partial charge in [-0.1, -0.05) is 24.3 Å². The zero-order valence-electron chi connectivity index (χ0n) is 14.3. The summed E-state index contributed by atoms with van der Waals surface area (Å²) in [6.07, 6.45) is 6.65. The zero-order chi connectivity index (χ0) is 16.8. The highest BCUT2D eigenvalue weighted by molar-refractivity contribution is 5.31. The van der Waals surface area contributed by atoms with E-state index < -0.39 is 6.10 Å². The lowest BCUT2D eigenvalue weighted by atomic mass is 9.89. The van der Waals surface area contributed by atoms with E-state index in [1.165, 1.54) is 11.1 Å². The van der Waals surface area contributed by atoms with E-state index in [1.54, 1.807) is 6.20 Å². The first-order valence-electron chi connectivity index (χ1n) is 8.80. The molecule has 0 radical (unpaired) electrons. The Morgan fingerprint density at radius 2 is 2.25 bits per heavy atom. The number of ether oxygens (including phenoxy) is 1. The summed E-state index contributed by atoms with van der Waals surface area (Å²) >= 11 is 0. The Balaban J connectivity index is 1.40. The Morgan fingerprint density at radius 3 is 3.08 bits per heavy atom. The van der Waals surface area contributed by atoms with Gasteiger partial charge in [0.1, 0.15) is 0 Å². The summed E-state index contributed by atoms with van der Waals surface area (Å²) in [7, 11) is 0. The van der Waals surface area contributed by atoms with Crippen LogP contribution in [-0.4, -0.2) is 40.2 Å². The van der Waals surface area contributed by atoms with Crippen molar-refractivity contribution in [1.82, 2.24) is 15.1 Å². The van der Waals surface area contributed by atoms with Crippen molar-refractivity contribution < 1.29 is 9.84 Å². The molecule has 3 rings (SSSR count). The molecule has 2 aromatic rings. The standard InChI is InChI=1S/C19H27N3O2/c1-15(13-22-11-5-10-21-22)20-12-17(23)14-24-19-9-4-7-16-6-2-3-8-18(16)19/h2-3,5-6,8,10-11,15,17,19-20,23H,4,7,9,12-14H2,1H3/t15-,17-,19-/m1/s1. The molecular formula is C19H27N3O2. The lowest BCUT2D eigenvalue weighted by molar-refractivity contribution is -0.0174. The molecule has 1 aliphatic rings. The van der Waals surface area contributed by atoms with Crippen LogP contribution in [0.3, 0.4) is 0 Å². The average Bonchev–Trinajstić information content (AvgIpc) is 3.11. The molecule has 0 aliphatic heterocycles. The molecule has 1 aromatic carbocycles. The van der Waals surface area contributed by atoms with Crippen LogP contribution < -0.4 is 5.32 Å². The van der Waals surface area contributed by atoms with Gasteiger partial charge in [0.05, 0.1) is 25.4 Å². The van der Waals surface area contributed by atoms with E-state index in [0.717, 1.165) is 25.8 Å². The summed E-state index contributed by atoms with van der Waals surface area (Å²) in [5, 5.41) is 17.7. The van der Waals surface area contributed by atoms with Gasteiger partial charge >= 0.3 is 0 Å². The average molecular weight is 329 g/mol. The van der Waals surface area contributed by atoms with E-state index in [0.29, 0.717) is 13.2 Å². The van der Waals surface area contributed by atoms with E-state index in [1.807, 2.05) is 16.9 Å². The van der Waals surface area contributed by atoms with Gasteiger partial charge in [-0.2, -0.15) is 5.10 Å². The number of aliphatic hydroxyl groups excluding tert-OH is 1. The third-order valence-corrected chi connectivity index (χ3v) is 4.53. The molecule has 1 heterocycles. The van der Waals surface area contributed by atoms with Crippen LogP contribution in [0, 0.1) is 0 Å². The molecule has 130 valence electrons. The van der Waals surface area contributed by atoms with Crippen LogP contribution in [0.5, 0.6) is 0 Å². The molecule has 2 N–H and O–H groups in total. The van der Waals surface area contributed by atoms with Crippen molar-refractivity contribution in [3.05, 3.63) is 53.9 Å². The molecular weight excluding hydrogens is 302 g/mol. The van der Waals surface area contributed by atoms with Crippen molar-refractivity contribution in [3.8, 4) is 0 Å². The predicted molar refractivity (Wildman–Crippen MR) is 93.8 cm³/mol.